The summed E-state index contributed by atoms with van der Waals surface area (Å²) in [6.07, 6.45) is 6.04. The first-order valence-corrected chi connectivity index (χ1v) is 13.9. The first kappa shape index (κ1) is 26.0. The smallest absolute Gasteiger partial charge is 0.243 e. The molecule has 0 radical (unpaired) electrons. The fraction of sp³-hybridized carbons (Fsp3) is 0.355. The summed E-state index contributed by atoms with van der Waals surface area (Å²) >= 11 is 1.52. The molecule has 4 nitrogen and oxygen atoms in total. The van der Waals surface area contributed by atoms with E-state index in [1.165, 1.54) is 18.2 Å². The van der Waals surface area contributed by atoms with Gasteiger partial charge in [0, 0.05) is 23.9 Å². The molecule has 36 heavy (non-hydrogen) atoms. The zero-order valence-corrected chi connectivity index (χ0v) is 21.9. The van der Waals surface area contributed by atoms with E-state index >= 15 is 0 Å². The van der Waals surface area contributed by atoms with Crippen molar-refractivity contribution in [2.24, 2.45) is 0 Å². The van der Waals surface area contributed by atoms with Crippen LogP contribution in [0.2, 0.25) is 0 Å². The van der Waals surface area contributed by atoms with Gasteiger partial charge in [-0.1, -0.05) is 97.6 Å². The minimum atomic E-state index is -0.571. The van der Waals surface area contributed by atoms with Crippen molar-refractivity contribution in [3.63, 3.8) is 0 Å². The second-order valence-corrected chi connectivity index (χ2v) is 10.7. The number of nitrogens with one attached hydrogen (secondary N) is 1. The molecule has 1 aliphatic rings. The molecule has 1 aliphatic carbocycles. The molecule has 2 amide bonds. The largest absolute Gasteiger partial charge is 0.352 e. The molecule has 0 heterocycles. The zero-order chi connectivity index (χ0) is 25.2. The lowest BCUT2D eigenvalue weighted by molar-refractivity contribution is -0.139. The summed E-state index contributed by atoms with van der Waals surface area (Å²) in [6.45, 7) is 2.46. The van der Waals surface area contributed by atoms with Crippen LogP contribution in [0.15, 0.2) is 89.8 Å². The molecule has 0 saturated heterocycles. The van der Waals surface area contributed by atoms with E-state index in [9.17, 15) is 9.59 Å². The topological polar surface area (TPSA) is 49.4 Å². The Bertz CT molecular complexity index is 1110. The number of carbonyl (C=O) groups is 2. The summed E-state index contributed by atoms with van der Waals surface area (Å²) in [4.78, 5) is 30.4. The number of thioether (sulfide) groups is 1. The molecule has 3 aromatic rings. The molecule has 0 spiro atoms. The van der Waals surface area contributed by atoms with Gasteiger partial charge in [-0.05, 0) is 43.0 Å². The van der Waals surface area contributed by atoms with Gasteiger partial charge in [0.15, 0.2) is 0 Å². The average Bonchev–Trinajstić information content (AvgIpc) is 2.91. The number of benzene rings is 3. The lowest BCUT2D eigenvalue weighted by Crippen LogP contribution is -2.53. The van der Waals surface area contributed by atoms with Crippen LogP contribution in [-0.4, -0.2) is 34.6 Å². The molecule has 4 rings (SSSR count). The predicted octanol–water partition coefficient (Wildman–Crippen LogP) is 6.18. The fourth-order valence-corrected chi connectivity index (χ4v) is 5.66. The van der Waals surface area contributed by atoms with E-state index in [1.54, 1.807) is 4.90 Å². The van der Waals surface area contributed by atoms with E-state index in [2.05, 4.69) is 24.4 Å². The van der Waals surface area contributed by atoms with Crippen LogP contribution in [-0.2, 0) is 22.6 Å². The standard InChI is InChI=1S/C31H36N2O2S/c1-24-12-11-15-26(20-24)22-33(30(34)23-36-28-18-9-4-10-19-28)29(21-25-13-5-2-6-14-25)31(35)32-27-16-7-3-8-17-27/h2,4-6,9-15,18-20,27,29H,3,7-8,16-17,21-23H2,1H3,(H,32,35)/t29-/m0/s1. The molecule has 1 fully saturated rings. The SMILES string of the molecule is Cc1cccc(CN(C(=O)CSc2ccccc2)[C@@H](Cc2ccccc2)C(=O)NC2CCCCC2)c1. The average molecular weight is 501 g/mol. The van der Waals surface area contributed by atoms with E-state index < -0.39 is 6.04 Å². The minimum absolute atomic E-state index is 0.0231. The Morgan fingerprint density at radius 3 is 2.25 bits per heavy atom. The first-order chi connectivity index (χ1) is 17.6. The zero-order valence-electron chi connectivity index (χ0n) is 21.1. The van der Waals surface area contributed by atoms with Gasteiger partial charge in [0.05, 0.1) is 5.75 Å². The Balaban J connectivity index is 1.60. The number of hydrogen-bond donors (Lipinski definition) is 1. The Labute approximate surface area is 219 Å². The number of hydrogen-bond acceptors (Lipinski definition) is 3. The van der Waals surface area contributed by atoms with Gasteiger partial charge in [-0.3, -0.25) is 9.59 Å². The van der Waals surface area contributed by atoms with Gasteiger partial charge < -0.3 is 10.2 Å². The highest BCUT2D eigenvalue weighted by atomic mass is 32.2. The number of aryl methyl sites for hydroxylation is 1. The first-order valence-electron chi connectivity index (χ1n) is 13.0. The van der Waals surface area contributed by atoms with Crippen molar-refractivity contribution in [1.29, 1.82) is 0 Å². The number of rotatable bonds is 10. The summed E-state index contributed by atoms with van der Waals surface area (Å²) in [7, 11) is 0. The quantitative estimate of drug-likeness (QED) is 0.338. The van der Waals surface area contributed by atoms with Crippen molar-refractivity contribution in [2.45, 2.75) is 69.0 Å². The number of amides is 2. The van der Waals surface area contributed by atoms with E-state index in [-0.39, 0.29) is 23.6 Å². The Kier molecular flexibility index (Phi) is 9.62. The van der Waals surface area contributed by atoms with Gasteiger partial charge in [0.25, 0.3) is 0 Å². The van der Waals surface area contributed by atoms with Gasteiger partial charge >= 0.3 is 0 Å². The van der Waals surface area contributed by atoms with Gasteiger partial charge in [-0.2, -0.15) is 0 Å². The molecule has 0 unspecified atom stereocenters. The van der Waals surface area contributed by atoms with Gasteiger partial charge in [0.2, 0.25) is 11.8 Å². The van der Waals surface area contributed by atoms with Gasteiger partial charge in [-0.15, -0.1) is 11.8 Å². The van der Waals surface area contributed by atoms with Crippen LogP contribution < -0.4 is 5.32 Å². The summed E-state index contributed by atoms with van der Waals surface area (Å²) in [6, 6.07) is 27.8. The minimum Gasteiger partial charge on any atom is -0.352 e. The van der Waals surface area contributed by atoms with Crippen molar-refractivity contribution in [2.75, 3.05) is 5.75 Å². The van der Waals surface area contributed by atoms with Crippen LogP contribution in [0.25, 0.3) is 0 Å². The van der Waals surface area contributed by atoms with Crippen LogP contribution in [0.4, 0.5) is 0 Å². The summed E-state index contributed by atoms with van der Waals surface area (Å²) in [5, 5.41) is 3.31. The Hall–Kier alpha value is -3.05. The van der Waals surface area contributed by atoms with Gasteiger partial charge in [-0.25, -0.2) is 0 Å². The second-order valence-electron chi connectivity index (χ2n) is 9.66. The van der Waals surface area contributed by atoms with E-state index in [0.717, 1.165) is 47.3 Å². The highest BCUT2D eigenvalue weighted by molar-refractivity contribution is 8.00. The van der Waals surface area contributed by atoms with Crippen molar-refractivity contribution in [3.05, 3.63) is 102 Å². The third-order valence-corrected chi connectivity index (χ3v) is 7.76. The normalized spacial score (nSPS) is 14.7. The highest BCUT2D eigenvalue weighted by Crippen LogP contribution is 2.22. The molecule has 1 saturated carbocycles. The van der Waals surface area contributed by atoms with Crippen molar-refractivity contribution < 1.29 is 9.59 Å². The molecular formula is C31H36N2O2S. The van der Waals surface area contributed by atoms with Crippen LogP contribution in [0, 0.1) is 6.92 Å². The molecule has 1 atom stereocenters. The lowest BCUT2D eigenvalue weighted by atomic mass is 9.94. The monoisotopic (exact) mass is 500 g/mol. The van der Waals surface area contributed by atoms with E-state index in [1.807, 2.05) is 72.8 Å². The summed E-state index contributed by atoms with van der Waals surface area (Å²) in [5.74, 6) is 0.222. The molecule has 5 heteroatoms. The van der Waals surface area contributed by atoms with Crippen molar-refractivity contribution in [1.82, 2.24) is 10.2 Å². The van der Waals surface area contributed by atoms with E-state index in [0.29, 0.717) is 13.0 Å². The van der Waals surface area contributed by atoms with Gasteiger partial charge in [0.1, 0.15) is 6.04 Å². The maximum Gasteiger partial charge on any atom is 0.243 e. The Morgan fingerprint density at radius 1 is 0.889 bits per heavy atom. The van der Waals surface area contributed by atoms with Crippen LogP contribution in [0.5, 0.6) is 0 Å². The number of carbonyl (C=O) groups excluding carboxylic acids is 2. The highest BCUT2D eigenvalue weighted by Gasteiger charge is 2.31. The van der Waals surface area contributed by atoms with Crippen LogP contribution in [0.3, 0.4) is 0 Å². The maximum absolute atomic E-state index is 13.8. The maximum atomic E-state index is 13.8. The molecule has 1 N–H and O–H groups in total. The Morgan fingerprint density at radius 2 is 1.56 bits per heavy atom. The van der Waals surface area contributed by atoms with Crippen molar-refractivity contribution in [3.8, 4) is 0 Å². The fourth-order valence-electron chi connectivity index (χ4n) is 4.85. The lowest BCUT2D eigenvalue weighted by Gasteiger charge is -2.33. The third-order valence-electron chi connectivity index (χ3n) is 6.76. The van der Waals surface area contributed by atoms with Crippen molar-refractivity contribution >= 4 is 23.6 Å². The molecule has 0 bridgehead atoms. The molecule has 188 valence electrons. The summed E-state index contributed by atoms with van der Waals surface area (Å²) in [5.41, 5.74) is 3.24. The second kappa shape index (κ2) is 13.3. The van der Waals surface area contributed by atoms with E-state index in [4.69, 9.17) is 0 Å². The summed E-state index contributed by atoms with van der Waals surface area (Å²) < 4.78 is 0. The van der Waals surface area contributed by atoms with Crippen LogP contribution >= 0.6 is 11.8 Å². The number of nitrogens with zero attached hydrogens (tertiary/aromatic N) is 1. The molecule has 3 aromatic carbocycles. The molecular weight excluding hydrogens is 464 g/mol. The van der Waals surface area contributed by atoms with Crippen LogP contribution in [0.1, 0.15) is 48.8 Å². The third kappa shape index (κ3) is 7.72. The molecule has 0 aromatic heterocycles. The molecule has 0 aliphatic heterocycles. The predicted molar refractivity (Wildman–Crippen MR) is 148 cm³/mol.